The van der Waals surface area contributed by atoms with Crippen LogP contribution < -0.4 is 9.47 Å². The van der Waals surface area contributed by atoms with Crippen LogP contribution in [0.4, 0.5) is 0 Å². The Morgan fingerprint density at radius 3 is 1.77 bits per heavy atom. The molecule has 3 aromatic carbocycles. The normalized spacial score (nSPS) is 10.8. The first kappa shape index (κ1) is 21.5. The fourth-order valence-corrected chi connectivity index (χ4v) is 3.31. The highest BCUT2D eigenvalue weighted by Gasteiger charge is 2.22. The van der Waals surface area contributed by atoms with Crippen molar-refractivity contribution in [1.29, 1.82) is 10.5 Å². The number of halogens is 2. The monoisotopic (exact) mass is 436 g/mol. The second kappa shape index (κ2) is 8.67. The third-order valence-electron chi connectivity index (χ3n) is 4.38. The summed E-state index contributed by atoms with van der Waals surface area (Å²) in [6.07, 6.45) is 0. The van der Waals surface area contributed by atoms with Gasteiger partial charge < -0.3 is 9.47 Å². The summed E-state index contributed by atoms with van der Waals surface area (Å²) in [5.74, 6) is 1.88. The van der Waals surface area contributed by atoms with Gasteiger partial charge >= 0.3 is 0 Å². The molecular weight excluding hydrogens is 419 g/mol. The molecule has 3 aromatic rings. The molecule has 30 heavy (non-hydrogen) atoms. The standard InChI is InChI=1S/C24H18Cl2N2O2/c1-24(2,3)18-12-15(29-21-8-4-6-19(25)16(21)13-27)10-11-23(18)30-22-9-5-7-20(26)17(22)14-28/h4-12H,1-3H3. The Kier molecular flexibility index (Phi) is 6.22. The molecule has 0 fully saturated rings. The Bertz CT molecular complexity index is 1190. The van der Waals surface area contributed by atoms with Gasteiger partial charge in [-0.25, -0.2) is 0 Å². The zero-order chi connectivity index (χ0) is 21.9. The van der Waals surface area contributed by atoms with E-state index in [1.807, 2.05) is 26.8 Å². The first-order chi connectivity index (χ1) is 14.2. The van der Waals surface area contributed by atoms with Gasteiger partial charge in [0.2, 0.25) is 0 Å². The van der Waals surface area contributed by atoms with Crippen molar-refractivity contribution >= 4 is 23.2 Å². The molecule has 0 bridgehead atoms. The third-order valence-corrected chi connectivity index (χ3v) is 5.01. The number of ether oxygens (including phenoxy) is 2. The molecule has 6 heteroatoms. The average Bonchev–Trinajstić information content (AvgIpc) is 2.69. The van der Waals surface area contributed by atoms with Gasteiger partial charge in [-0.05, 0) is 47.9 Å². The molecule has 0 heterocycles. The van der Waals surface area contributed by atoms with Crippen molar-refractivity contribution in [3.8, 4) is 35.1 Å². The van der Waals surface area contributed by atoms with Crippen molar-refractivity contribution in [2.75, 3.05) is 0 Å². The molecule has 0 aliphatic carbocycles. The largest absolute Gasteiger partial charge is 0.456 e. The van der Waals surface area contributed by atoms with Gasteiger partial charge in [0.05, 0.1) is 10.0 Å². The van der Waals surface area contributed by atoms with Crippen molar-refractivity contribution in [1.82, 2.24) is 0 Å². The van der Waals surface area contributed by atoms with Crippen LogP contribution >= 0.6 is 23.2 Å². The fraction of sp³-hybridized carbons (Fsp3) is 0.167. The van der Waals surface area contributed by atoms with Gasteiger partial charge in [-0.3, -0.25) is 0 Å². The molecule has 0 aromatic heterocycles. The first-order valence-corrected chi connectivity index (χ1v) is 9.87. The lowest BCUT2D eigenvalue weighted by Crippen LogP contribution is -2.13. The lowest BCUT2D eigenvalue weighted by molar-refractivity contribution is 0.444. The molecule has 0 saturated heterocycles. The minimum absolute atomic E-state index is 0.273. The molecule has 0 aliphatic heterocycles. The smallest absolute Gasteiger partial charge is 0.146 e. The summed E-state index contributed by atoms with van der Waals surface area (Å²) >= 11 is 12.2. The highest BCUT2D eigenvalue weighted by Crippen LogP contribution is 2.40. The maximum Gasteiger partial charge on any atom is 0.146 e. The van der Waals surface area contributed by atoms with E-state index in [4.69, 9.17) is 32.7 Å². The van der Waals surface area contributed by atoms with Crippen LogP contribution in [0.3, 0.4) is 0 Å². The van der Waals surface area contributed by atoms with Gasteiger partial charge in [0.25, 0.3) is 0 Å². The number of hydrogen-bond acceptors (Lipinski definition) is 4. The summed E-state index contributed by atoms with van der Waals surface area (Å²) in [7, 11) is 0. The van der Waals surface area contributed by atoms with Gasteiger partial charge in [-0.15, -0.1) is 0 Å². The quantitative estimate of drug-likeness (QED) is 0.421. The SMILES string of the molecule is CC(C)(C)c1cc(Oc2cccc(Cl)c2C#N)ccc1Oc1cccc(Cl)c1C#N. The van der Waals surface area contributed by atoms with Crippen molar-refractivity contribution in [3.63, 3.8) is 0 Å². The third kappa shape index (κ3) is 4.52. The predicted molar refractivity (Wildman–Crippen MR) is 118 cm³/mol. The molecule has 0 atom stereocenters. The molecular formula is C24H18Cl2N2O2. The lowest BCUT2D eigenvalue weighted by Gasteiger charge is -2.24. The van der Waals surface area contributed by atoms with Gasteiger partial charge in [-0.2, -0.15) is 10.5 Å². The van der Waals surface area contributed by atoms with Crippen LogP contribution in [0.15, 0.2) is 54.6 Å². The summed E-state index contributed by atoms with van der Waals surface area (Å²) in [5, 5.41) is 19.4. The van der Waals surface area contributed by atoms with E-state index in [2.05, 4.69) is 12.1 Å². The van der Waals surface area contributed by atoms with Crippen LogP contribution in [0.2, 0.25) is 10.0 Å². The van der Waals surface area contributed by atoms with E-state index >= 15 is 0 Å². The number of rotatable bonds is 4. The first-order valence-electron chi connectivity index (χ1n) is 9.12. The zero-order valence-electron chi connectivity index (χ0n) is 16.7. The molecule has 0 amide bonds. The minimum Gasteiger partial charge on any atom is -0.456 e. The van der Waals surface area contributed by atoms with Crippen LogP contribution in [0.1, 0.15) is 37.5 Å². The molecule has 0 unspecified atom stereocenters. The van der Waals surface area contributed by atoms with Gasteiger partial charge in [-0.1, -0.05) is 56.1 Å². The van der Waals surface area contributed by atoms with Crippen LogP contribution in [0.25, 0.3) is 0 Å². The molecule has 0 aliphatic rings. The topological polar surface area (TPSA) is 66.0 Å². The molecule has 4 nitrogen and oxygen atoms in total. The van der Waals surface area contributed by atoms with Crippen LogP contribution in [0, 0.1) is 22.7 Å². The molecule has 3 rings (SSSR count). The van der Waals surface area contributed by atoms with E-state index in [0.717, 1.165) is 5.56 Å². The summed E-state index contributed by atoms with van der Waals surface area (Å²) in [6.45, 7) is 6.13. The second-order valence-electron chi connectivity index (χ2n) is 7.56. The van der Waals surface area contributed by atoms with E-state index in [1.165, 1.54) is 0 Å². The van der Waals surface area contributed by atoms with Crippen molar-refractivity contribution < 1.29 is 9.47 Å². The van der Waals surface area contributed by atoms with E-state index in [-0.39, 0.29) is 16.5 Å². The van der Waals surface area contributed by atoms with Gasteiger partial charge in [0, 0.05) is 5.56 Å². The van der Waals surface area contributed by atoms with E-state index in [9.17, 15) is 10.5 Å². The summed E-state index contributed by atoms with van der Waals surface area (Å²) in [5.41, 5.74) is 1.13. The van der Waals surface area contributed by atoms with Crippen molar-refractivity contribution in [3.05, 3.63) is 81.3 Å². The van der Waals surface area contributed by atoms with Gasteiger partial charge in [0.1, 0.15) is 46.3 Å². The number of nitrogens with zero attached hydrogens (tertiary/aromatic N) is 2. The van der Waals surface area contributed by atoms with Gasteiger partial charge in [0.15, 0.2) is 0 Å². The predicted octanol–water partition coefficient (Wildman–Crippen LogP) is 7.62. The summed E-state index contributed by atoms with van der Waals surface area (Å²) in [4.78, 5) is 0. The number of nitriles is 2. The zero-order valence-corrected chi connectivity index (χ0v) is 18.2. The molecule has 150 valence electrons. The number of hydrogen-bond donors (Lipinski definition) is 0. The lowest BCUT2D eigenvalue weighted by atomic mass is 9.86. The maximum absolute atomic E-state index is 9.41. The molecule has 0 radical (unpaired) electrons. The average molecular weight is 437 g/mol. The minimum atomic E-state index is -0.285. The molecule has 0 saturated carbocycles. The fourth-order valence-electron chi connectivity index (χ4n) is 2.89. The van der Waals surface area contributed by atoms with E-state index in [0.29, 0.717) is 33.0 Å². The summed E-state index contributed by atoms with van der Waals surface area (Å²) in [6, 6.07) is 19.6. The van der Waals surface area contributed by atoms with Crippen LogP contribution in [-0.2, 0) is 5.41 Å². The van der Waals surface area contributed by atoms with Crippen LogP contribution in [0.5, 0.6) is 23.0 Å². The van der Waals surface area contributed by atoms with E-state index < -0.39 is 0 Å². The second-order valence-corrected chi connectivity index (χ2v) is 8.38. The Labute approximate surface area is 185 Å². The van der Waals surface area contributed by atoms with Crippen LogP contribution in [-0.4, -0.2) is 0 Å². The van der Waals surface area contributed by atoms with Crippen molar-refractivity contribution in [2.24, 2.45) is 0 Å². The summed E-state index contributed by atoms with van der Waals surface area (Å²) < 4.78 is 12.0. The van der Waals surface area contributed by atoms with E-state index in [1.54, 1.807) is 48.5 Å². The highest BCUT2D eigenvalue weighted by atomic mass is 35.5. The Balaban J connectivity index is 2.03. The molecule has 0 spiro atoms. The Morgan fingerprint density at radius 2 is 1.27 bits per heavy atom. The Morgan fingerprint density at radius 1 is 0.733 bits per heavy atom. The van der Waals surface area contributed by atoms with Crippen molar-refractivity contribution in [2.45, 2.75) is 26.2 Å². The highest BCUT2D eigenvalue weighted by molar-refractivity contribution is 6.32. The molecule has 0 N–H and O–H groups in total. The maximum atomic E-state index is 9.41. The Hall–Kier alpha value is -3.18. The number of benzene rings is 3.